The number of anilines is 1. The van der Waals surface area contributed by atoms with E-state index in [4.69, 9.17) is 9.84 Å². The minimum Gasteiger partial charge on any atom is -0.482 e. The number of aliphatic hydroxyl groups excluding tert-OH is 1. The summed E-state index contributed by atoms with van der Waals surface area (Å²) in [5, 5.41) is 17.2. The summed E-state index contributed by atoms with van der Waals surface area (Å²) in [6.45, 7) is 1.63. The molecule has 11 heteroatoms. The van der Waals surface area contributed by atoms with Gasteiger partial charge in [0.1, 0.15) is 17.6 Å². The molecule has 0 unspecified atom stereocenters. The van der Waals surface area contributed by atoms with Gasteiger partial charge in [-0.3, -0.25) is 14.4 Å². The number of hydrogen-bond acceptors (Lipinski definition) is 7. The van der Waals surface area contributed by atoms with Crippen molar-refractivity contribution >= 4 is 34.4 Å². The first-order valence-corrected chi connectivity index (χ1v) is 9.54. The van der Waals surface area contributed by atoms with E-state index >= 15 is 0 Å². The van der Waals surface area contributed by atoms with Crippen LogP contribution in [0, 0.1) is 0 Å². The number of H-pyrrole nitrogens is 1. The Balaban J connectivity index is 1.50. The number of carbonyl (C=O) groups is 3. The van der Waals surface area contributed by atoms with E-state index in [0.717, 1.165) is 5.56 Å². The molecule has 0 radical (unpaired) electrons. The number of ether oxygens (including phenoxy) is 1. The van der Waals surface area contributed by atoms with E-state index in [9.17, 15) is 14.4 Å². The number of hydrogen-bond donors (Lipinski definition) is 5. The van der Waals surface area contributed by atoms with Crippen molar-refractivity contribution < 1.29 is 24.2 Å². The molecule has 0 spiro atoms. The Morgan fingerprint density at radius 1 is 1.29 bits per heavy atom. The highest BCUT2D eigenvalue weighted by Gasteiger charge is 2.21. The van der Waals surface area contributed by atoms with Gasteiger partial charge in [-0.05, 0) is 24.6 Å². The Bertz CT molecular complexity index is 1170. The molecule has 5 N–H and O–H groups in total. The maximum Gasteiger partial charge on any atom is 0.272 e. The normalized spacial score (nSPS) is 13.7. The number of aromatic nitrogens is 3. The molecule has 4 rings (SSSR count). The van der Waals surface area contributed by atoms with Gasteiger partial charge in [-0.2, -0.15) is 0 Å². The first kappa shape index (κ1) is 20.3. The predicted octanol–water partition coefficient (Wildman–Crippen LogP) is 0.329. The summed E-state index contributed by atoms with van der Waals surface area (Å²) >= 11 is 0. The number of aromatic amines is 1. The molecule has 0 aliphatic carbocycles. The Hall–Kier alpha value is -3.99. The summed E-state index contributed by atoms with van der Waals surface area (Å²) < 4.78 is 5.32. The van der Waals surface area contributed by atoms with Crippen molar-refractivity contribution in [1.82, 2.24) is 25.6 Å². The first-order chi connectivity index (χ1) is 15.0. The highest BCUT2D eigenvalue weighted by atomic mass is 16.5. The van der Waals surface area contributed by atoms with Crippen molar-refractivity contribution in [3.63, 3.8) is 0 Å². The number of benzene rings is 1. The molecule has 11 nitrogen and oxygen atoms in total. The van der Waals surface area contributed by atoms with Crippen LogP contribution in [0.25, 0.3) is 11.0 Å². The average Bonchev–Trinajstić information content (AvgIpc) is 3.21. The second-order valence-electron chi connectivity index (χ2n) is 7.06. The van der Waals surface area contributed by atoms with Crippen LogP contribution in [-0.4, -0.2) is 57.0 Å². The molecule has 1 aromatic carbocycles. The second kappa shape index (κ2) is 8.40. The SMILES string of the molecule is C[C@H](CO)NC(=O)c1c[nH]c2c(C(=O)NCc3ccc4c(c3)NC(=O)CO4)ncnc12. The van der Waals surface area contributed by atoms with Crippen LogP contribution < -0.4 is 20.7 Å². The summed E-state index contributed by atoms with van der Waals surface area (Å²) in [6, 6.07) is 4.81. The molecule has 3 aromatic rings. The molecule has 0 saturated heterocycles. The monoisotopic (exact) mass is 424 g/mol. The Kier molecular flexibility index (Phi) is 5.50. The number of nitrogens with zero attached hydrogens (tertiary/aromatic N) is 2. The molecule has 0 fully saturated rings. The van der Waals surface area contributed by atoms with Gasteiger partial charge in [0.2, 0.25) is 0 Å². The van der Waals surface area contributed by atoms with Gasteiger partial charge in [0.25, 0.3) is 17.7 Å². The molecule has 31 heavy (non-hydrogen) atoms. The quantitative estimate of drug-likeness (QED) is 0.381. The molecule has 1 aliphatic rings. The first-order valence-electron chi connectivity index (χ1n) is 9.54. The lowest BCUT2D eigenvalue weighted by Crippen LogP contribution is -2.34. The van der Waals surface area contributed by atoms with Crippen LogP contribution in [0.4, 0.5) is 5.69 Å². The molecule has 3 heterocycles. The van der Waals surface area contributed by atoms with Gasteiger partial charge < -0.3 is 30.8 Å². The number of aliphatic hydroxyl groups is 1. The highest BCUT2D eigenvalue weighted by molar-refractivity contribution is 6.10. The van der Waals surface area contributed by atoms with Crippen LogP contribution in [0.2, 0.25) is 0 Å². The number of amides is 3. The molecule has 1 atom stereocenters. The van der Waals surface area contributed by atoms with Crippen molar-refractivity contribution in [1.29, 1.82) is 0 Å². The smallest absolute Gasteiger partial charge is 0.272 e. The molecular formula is C20H20N6O5. The van der Waals surface area contributed by atoms with Crippen molar-refractivity contribution in [3.05, 3.63) is 47.5 Å². The summed E-state index contributed by atoms with van der Waals surface area (Å²) in [4.78, 5) is 47.6. The van der Waals surface area contributed by atoms with Crippen LogP contribution >= 0.6 is 0 Å². The fourth-order valence-electron chi connectivity index (χ4n) is 3.14. The maximum atomic E-state index is 12.7. The van der Waals surface area contributed by atoms with Crippen LogP contribution in [0.3, 0.4) is 0 Å². The molecule has 0 saturated carbocycles. The number of carbonyl (C=O) groups excluding carboxylic acids is 3. The van der Waals surface area contributed by atoms with Crippen LogP contribution in [-0.2, 0) is 11.3 Å². The molecule has 3 amide bonds. The average molecular weight is 424 g/mol. The van der Waals surface area contributed by atoms with Crippen LogP contribution in [0.15, 0.2) is 30.7 Å². The van der Waals surface area contributed by atoms with Crippen molar-refractivity contribution in [2.45, 2.75) is 19.5 Å². The van der Waals surface area contributed by atoms with Gasteiger partial charge in [0.05, 0.1) is 23.4 Å². The van der Waals surface area contributed by atoms with Crippen LogP contribution in [0.1, 0.15) is 33.3 Å². The summed E-state index contributed by atoms with van der Waals surface area (Å²) in [7, 11) is 0. The second-order valence-corrected chi connectivity index (χ2v) is 7.06. The zero-order chi connectivity index (χ0) is 22.0. The highest BCUT2D eigenvalue weighted by Crippen LogP contribution is 2.28. The van der Waals surface area contributed by atoms with Crippen LogP contribution in [0.5, 0.6) is 5.75 Å². The third-order valence-electron chi connectivity index (χ3n) is 4.70. The zero-order valence-electron chi connectivity index (χ0n) is 16.6. The number of fused-ring (bicyclic) bond motifs is 2. The van der Waals surface area contributed by atoms with E-state index in [2.05, 4.69) is 30.9 Å². The number of rotatable bonds is 6. The maximum absolute atomic E-state index is 12.7. The predicted molar refractivity (Wildman–Crippen MR) is 110 cm³/mol. The summed E-state index contributed by atoms with van der Waals surface area (Å²) in [5.74, 6) is -0.545. The van der Waals surface area contributed by atoms with E-state index < -0.39 is 17.9 Å². The van der Waals surface area contributed by atoms with E-state index in [1.165, 1.54) is 12.5 Å². The van der Waals surface area contributed by atoms with Crippen molar-refractivity contribution in [3.8, 4) is 5.75 Å². The Morgan fingerprint density at radius 3 is 2.94 bits per heavy atom. The van der Waals surface area contributed by atoms with E-state index in [1.807, 2.05) is 0 Å². The molecule has 160 valence electrons. The molecular weight excluding hydrogens is 404 g/mol. The van der Waals surface area contributed by atoms with Gasteiger partial charge in [-0.1, -0.05) is 6.07 Å². The van der Waals surface area contributed by atoms with Crippen molar-refractivity contribution in [2.75, 3.05) is 18.5 Å². The van der Waals surface area contributed by atoms with Gasteiger partial charge >= 0.3 is 0 Å². The minimum atomic E-state index is -0.456. The summed E-state index contributed by atoms with van der Waals surface area (Å²) in [5.41, 5.74) is 2.27. The largest absolute Gasteiger partial charge is 0.482 e. The topological polar surface area (TPSA) is 158 Å². The third-order valence-corrected chi connectivity index (χ3v) is 4.70. The minimum absolute atomic E-state index is 0.0259. The van der Waals surface area contributed by atoms with E-state index in [-0.39, 0.29) is 36.9 Å². The van der Waals surface area contributed by atoms with E-state index in [1.54, 1.807) is 25.1 Å². The third kappa shape index (κ3) is 4.16. The standard InChI is InChI=1S/C20H20N6O5/c1-10(7-27)25-19(29)12-6-21-17-16(12)23-9-24-18(17)20(30)22-5-11-2-3-14-13(4-11)26-15(28)8-31-14/h2-4,6,9-10,21,27H,5,7-8H2,1H3,(H,22,30)(H,25,29)(H,26,28)/t10-/m1/s1. The van der Waals surface area contributed by atoms with Gasteiger partial charge in [0, 0.05) is 18.8 Å². The zero-order valence-corrected chi connectivity index (χ0v) is 16.6. The van der Waals surface area contributed by atoms with E-state index in [0.29, 0.717) is 22.5 Å². The Labute approximate surface area is 176 Å². The van der Waals surface area contributed by atoms with Gasteiger partial charge in [-0.15, -0.1) is 0 Å². The lowest BCUT2D eigenvalue weighted by Gasteiger charge is -2.18. The number of nitrogens with one attached hydrogen (secondary N) is 4. The Morgan fingerprint density at radius 2 is 2.13 bits per heavy atom. The van der Waals surface area contributed by atoms with Gasteiger partial charge in [-0.25, -0.2) is 9.97 Å². The van der Waals surface area contributed by atoms with Crippen molar-refractivity contribution in [2.24, 2.45) is 0 Å². The molecule has 0 bridgehead atoms. The lowest BCUT2D eigenvalue weighted by molar-refractivity contribution is -0.118. The van der Waals surface area contributed by atoms with Gasteiger partial charge in [0.15, 0.2) is 12.3 Å². The lowest BCUT2D eigenvalue weighted by atomic mass is 10.1. The molecule has 1 aliphatic heterocycles. The molecule has 2 aromatic heterocycles. The fraction of sp³-hybridized carbons (Fsp3) is 0.250. The fourth-order valence-corrected chi connectivity index (χ4v) is 3.14. The summed E-state index contributed by atoms with van der Waals surface area (Å²) in [6.07, 6.45) is 2.66.